The maximum atomic E-state index is 12.7. The van der Waals surface area contributed by atoms with Crippen LogP contribution in [0.3, 0.4) is 0 Å². The average molecular weight is 625 g/mol. The van der Waals surface area contributed by atoms with Crippen LogP contribution in [0.5, 0.6) is 17.2 Å². The molecule has 0 amide bonds. The highest BCUT2D eigenvalue weighted by atomic mass is 16.5. The molecule has 0 bridgehead atoms. The van der Waals surface area contributed by atoms with Crippen LogP contribution in [0.15, 0.2) is 61.2 Å². The standard InChI is InChI=1S/C36H48O9/c1-3-34(37)43-27-11-7-6-10-26-42-31-18-14-29(15-19-31)36(39)45-33-22-20-32(21-23-33)44-35(38)28-12-16-30(17-13-28)41-25-9-5-4-8-24-40-2/h3,12-13,16-17,20-23,29,31H,1,4-11,14-15,18-19,24-27H2,2H3. The number of benzene rings is 2. The molecule has 0 heterocycles. The van der Waals surface area contributed by atoms with Crippen LogP contribution in [0.1, 0.15) is 87.4 Å². The molecule has 0 aromatic heterocycles. The minimum Gasteiger partial charge on any atom is -0.494 e. The predicted octanol–water partition coefficient (Wildman–Crippen LogP) is 7.26. The molecule has 1 fully saturated rings. The van der Waals surface area contributed by atoms with Crippen molar-refractivity contribution >= 4 is 17.9 Å². The Morgan fingerprint density at radius 2 is 1.24 bits per heavy atom. The Hall–Kier alpha value is -3.69. The Kier molecular flexibility index (Phi) is 16.8. The van der Waals surface area contributed by atoms with Crippen molar-refractivity contribution in [2.24, 2.45) is 5.92 Å². The van der Waals surface area contributed by atoms with E-state index in [0.29, 0.717) is 42.6 Å². The Morgan fingerprint density at radius 3 is 1.87 bits per heavy atom. The topological polar surface area (TPSA) is 107 Å². The number of hydrogen-bond donors (Lipinski definition) is 0. The fourth-order valence-corrected chi connectivity index (χ4v) is 5.03. The third-order valence-electron chi connectivity index (χ3n) is 7.67. The highest BCUT2D eigenvalue weighted by Crippen LogP contribution is 2.29. The van der Waals surface area contributed by atoms with Crippen LogP contribution in [-0.2, 0) is 23.8 Å². The summed E-state index contributed by atoms with van der Waals surface area (Å²) in [6, 6.07) is 13.4. The lowest BCUT2D eigenvalue weighted by Gasteiger charge is -2.27. The van der Waals surface area contributed by atoms with Crippen LogP contribution in [0, 0.1) is 5.92 Å². The minimum absolute atomic E-state index is 0.159. The van der Waals surface area contributed by atoms with E-state index < -0.39 is 5.97 Å². The highest BCUT2D eigenvalue weighted by Gasteiger charge is 2.28. The summed E-state index contributed by atoms with van der Waals surface area (Å²) in [5.41, 5.74) is 0.417. The van der Waals surface area contributed by atoms with Gasteiger partial charge in [0.2, 0.25) is 0 Å². The fourth-order valence-electron chi connectivity index (χ4n) is 5.03. The second-order valence-electron chi connectivity index (χ2n) is 11.2. The Bertz CT molecular complexity index is 1150. The second-order valence-corrected chi connectivity index (χ2v) is 11.2. The molecule has 9 heteroatoms. The number of esters is 3. The summed E-state index contributed by atoms with van der Waals surface area (Å²) < 4.78 is 32.9. The normalized spacial score (nSPS) is 16.0. The van der Waals surface area contributed by atoms with Crippen molar-refractivity contribution in [3.63, 3.8) is 0 Å². The molecule has 0 aliphatic heterocycles. The zero-order valence-corrected chi connectivity index (χ0v) is 26.5. The molecule has 1 aliphatic carbocycles. The minimum atomic E-state index is -0.477. The maximum Gasteiger partial charge on any atom is 0.343 e. The quantitative estimate of drug-likeness (QED) is 0.0614. The van der Waals surface area contributed by atoms with Gasteiger partial charge in [-0.25, -0.2) is 9.59 Å². The van der Waals surface area contributed by atoms with Crippen LogP contribution in [0.4, 0.5) is 0 Å². The van der Waals surface area contributed by atoms with E-state index in [-0.39, 0.29) is 24.0 Å². The zero-order valence-electron chi connectivity index (χ0n) is 26.5. The van der Waals surface area contributed by atoms with Gasteiger partial charge >= 0.3 is 17.9 Å². The first-order valence-corrected chi connectivity index (χ1v) is 16.1. The maximum absolute atomic E-state index is 12.7. The van der Waals surface area contributed by atoms with Crippen molar-refractivity contribution in [2.45, 2.75) is 83.2 Å². The average Bonchev–Trinajstić information content (AvgIpc) is 3.06. The Balaban J connectivity index is 1.28. The molecule has 0 spiro atoms. The monoisotopic (exact) mass is 624 g/mol. The number of unbranched alkanes of at least 4 members (excludes halogenated alkanes) is 6. The van der Waals surface area contributed by atoms with E-state index in [0.717, 1.165) is 83.7 Å². The van der Waals surface area contributed by atoms with Gasteiger partial charge in [0.15, 0.2) is 0 Å². The second kappa shape index (κ2) is 21.1. The molecule has 1 saturated carbocycles. The van der Waals surface area contributed by atoms with Crippen molar-refractivity contribution in [1.29, 1.82) is 0 Å². The van der Waals surface area contributed by atoms with E-state index in [2.05, 4.69) is 6.58 Å². The van der Waals surface area contributed by atoms with Gasteiger partial charge < -0.3 is 28.4 Å². The fraction of sp³-hybridized carbons (Fsp3) is 0.528. The Labute approximate surface area is 267 Å². The van der Waals surface area contributed by atoms with Gasteiger partial charge in [-0.2, -0.15) is 0 Å². The summed E-state index contributed by atoms with van der Waals surface area (Å²) in [6.07, 6.45) is 12.5. The number of ether oxygens (including phenoxy) is 6. The molecular weight excluding hydrogens is 576 g/mol. The van der Waals surface area contributed by atoms with Crippen molar-refractivity contribution in [2.75, 3.05) is 33.5 Å². The van der Waals surface area contributed by atoms with Crippen molar-refractivity contribution < 1.29 is 42.8 Å². The first-order valence-electron chi connectivity index (χ1n) is 16.1. The Morgan fingerprint density at radius 1 is 0.689 bits per heavy atom. The van der Waals surface area contributed by atoms with Crippen molar-refractivity contribution in [1.82, 2.24) is 0 Å². The van der Waals surface area contributed by atoms with Gasteiger partial charge in [0.25, 0.3) is 0 Å². The predicted molar refractivity (Wildman–Crippen MR) is 171 cm³/mol. The van der Waals surface area contributed by atoms with Gasteiger partial charge in [-0.05, 0) is 113 Å². The summed E-state index contributed by atoms with van der Waals surface area (Å²) in [6.45, 7) is 5.91. The molecule has 2 aromatic rings. The smallest absolute Gasteiger partial charge is 0.343 e. The number of rotatable bonds is 21. The van der Waals surface area contributed by atoms with Crippen LogP contribution in [0.2, 0.25) is 0 Å². The molecular formula is C36H48O9. The number of hydrogen-bond acceptors (Lipinski definition) is 9. The summed E-state index contributed by atoms with van der Waals surface area (Å²) in [7, 11) is 1.71. The van der Waals surface area contributed by atoms with Crippen LogP contribution in [-0.4, -0.2) is 57.5 Å². The van der Waals surface area contributed by atoms with Gasteiger partial charge in [0, 0.05) is 26.4 Å². The van der Waals surface area contributed by atoms with Crippen LogP contribution < -0.4 is 14.2 Å². The molecule has 1 aliphatic rings. The van der Waals surface area contributed by atoms with Crippen molar-refractivity contribution in [3.8, 4) is 17.2 Å². The largest absolute Gasteiger partial charge is 0.494 e. The van der Waals surface area contributed by atoms with E-state index in [1.54, 1.807) is 55.6 Å². The van der Waals surface area contributed by atoms with E-state index >= 15 is 0 Å². The highest BCUT2D eigenvalue weighted by molar-refractivity contribution is 5.91. The lowest BCUT2D eigenvalue weighted by Crippen LogP contribution is -2.29. The molecule has 0 radical (unpaired) electrons. The SMILES string of the molecule is C=CC(=O)OCCCCCCOC1CCC(C(=O)Oc2ccc(OC(=O)c3ccc(OCCCCCCOC)cc3)cc2)CC1. The molecule has 3 rings (SSSR count). The van der Waals surface area contributed by atoms with E-state index in [1.165, 1.54) is 6.08 Å². The molecule has 2 aromatic carbocycles. The molecule has 9 nitrogen and oxygen atoms in total. The zero-order chi connectivity index (χ0) is 32.1. The van der Waals surface area contributed by atoms with Crippen LogP contribution in [0.25, 0.3) is 0 Å². The molecule has 0 atom stereocenters. The van der Waals surface area contributed by atoms with E-state index in [4.69, 9.17) is 28.4 Å². The lowest BCUT2D eigenvalue weighted by atomic mass is 9.87. The molecule has 45 heavy (non-hydrogen) atoms. The summed E-state index contributed by atoms with van der Waals surface area (Å²) >= 11 is 0. The van der Waals surface area contributed by atoms with Gasteiger partial charge in [-0.3, -0.25) is 4.79 Å². The van der Waals surface area contributed by atoms with Crippen molar-refractivity contribution in [3.05, 3.63) is 66.7 Å². The number of carbonyl (C=O) groups is 3. The first kappa shape index (κ1) is 35.8. The third-order valence-corrected chi connectivity index (χ3v) is 7.67. The van der Waals surface area contributed by atoms with E-state index in [9.17, 15) is 14.4 Å². The van der Waals surface area contributed by atoms with Gasteiger partial charge in [-0.15, -0.1) is 0 Å². The van der Waals surface area contributed by atoms with Gasteiger partial charge in [0.05, 0.1) is 30.8 Å². The number of carbonyl (C=O) groups excluding carboxylic acids is 3. The molecule has 246 valence electrons. The lowest BCUT2D eigenvalue weighted by molar-refractivity contribution is -0.141. The van der Waals surface area contributed by atoms with Gasteiger partial charge in [-0.1, -0.05) is 19.4 Å². The number of methoxy groups -OCH3 is 1. The summed E-state index contributed by atoms with van der Waals surface area (Å²) in [5.74, 6) is 0.228. The first-order chi connectivity index (χ1) is 22.0. The third kappa shape index (κ3) is 14.3. The molecule has 0 N–H and O–H groups in total. The molecule has 0 unspecified atom stereocenters. The van der Waals surface area contributed by atoms with Gasteiger partial charge in [0.1, 0.15) is 17.2 Å². The summed E-state index contributed by atoms with van der Waals surface area (Å²) in [4.78, 5) is 36.3. The van der Waals surface area contributed by atoms with E-state index in [1.807, 2.05) is 0 Å². The summed E-state index contributed by atoms with van der Waals surface area (Å²) in [5, 5.41) is 0. The molecule has 0 saturated heterocycles. The van der Waals surface area contributed by atoms with Crippen LogP contribution >= 0.6 is 0 Å².